The minimum absolute atomic E-state index is 0. The van der Waals surface area contributed by atoms with Gasteiger partial charge in [0.15, 0.2) is 5.96 Å². The van der Waals surface area contributed by atoms with Gasteiger partial charge in [0.25, 0.3) is 0 Å². The number of nitrogens with one attached hydrogen (secondary N) is 1. The quantitative estimate of drug-likeness (QED) is 0.425. The van der Waals surface area contributed by atoms with Crippen molar-refractivity contribution in [2.45, 2.75) is 44.2 Å². The molecule has 1 saturated carbocycles. The van der Waals surface area contributed by atoms with Crippen LogP contribution in [0.2, 0.25) is 0 Å². The zero-order chi connectivity index (χ0) is 15.9. The number of rotatable bonds is 5. The lowest BCUT2D eigenvalue weighted by Gasteiger charge is -2.25. The van der Waals surface area contributed by atoms with E-state index in [1.165, 1.54) is 44.2 Å². The molecular formula is C17H28FIN4. The van der Waals surface area contributed by atoms with E-state index in [0.717, 1.165) is 5.56 Å². The zero-order valence-electron chi connectivity index (χ0n) is 14.0. The van der Waals surface area contributed by atoms with Gasteiger partial charge in [-0.1, -0.05) is 31.4 Å². The molecule has 1 atom stereocenters. The van der Waals surface area contributed by atoms with Crippen molar-refractivity contribution in [2.24, 2.45) is 10.7 Å². The number of likely N-dealkylation sites (N-methyl/N-ethyl adjacent to an activating group) is 1. The van der Waals surface area contributed by atoms with Crippen LogP contribution >= 0.6 is 24.0 Å². The molecule has 1 unspecified atom stereocenters. The molecule has 6 heteroatoms. The lowest BCUT2D eigenvalue weighted by Crippen LogP contribution is -2.41. The van der Waals surface area contributed by atoms with Crippen LogP contribution in [0.3, 0.4) is 0 Å². The van der Waals surface area contributed by atoms with E-state index in [1.54, 1.807) is 12.1 Å². The third-order valence-corrected chi connectivity index (χ3v) is 4.27. The molecule has 1 fully saturated rings. The van der Waals surface area contributed by atoms with Crippen LogP contribution < -0.4 is 11.1 Å². The summed E-state index contributed by atoms with van der Waals surface area (Å²) in [6.07, 6.45) is 6.20. The Kier molecular flexibility index (Phi) is 8.83. The number of nitrogens with two attached hydrogens (primary N) is 1. The average molecular weight is 434 g/mol. The summed E-state index contributed by atoms with van der Waals surface area (Å²) in [4.78, 5) is 6.56. The summed E-state index contributed by atoms with van der Waals surface area (Å²) in [5, 5.41) is 3.32. The maximum Gasteiger partial charge on any atom is 0.188 e. The molecular weight excluding hydrogens is 406 g/mol. The molecule has 0 heterocycles. The summed E-state index contributed by atoms with van der Waals surface area (Å²) in [5.41, 5.74) is 7.06. The summed E-state index contributed by atoms with van der Waals surface area (Å²) in [7, 11) is 3.99. The van der Waals surface area contributed by atoms with E-state index in [1.807, 2.05) is 14.1 Å². The number of benzene rings is 1. The Bertz CT molecular complexity index is 484. The van der Waals surface area contributed by atoms with Gasteiger partial charge in [-0.2, -0.15) is 0 Å². The van der Waals surface area contributed by atoms with Crippen molar-refractivity contribution in [1.29, 1.82) is 0 Å². The summed E-state index contributed by atoms with van der Waals surface area (Å²) in [6, 6.07) is 7.13. The van der Waals surface area contributed by atoms with Crippen molar-refractivity contribution in [3.63, 3.8) is 0 Å². The standard InChI is InChI=1S/C17H27FN4.HI/c1-22(2)16(13-8-10-14(18)11-9-13)12-20-17(19)21-15-6-4-3-5-7-15;/h8-11,15-16H,3-7,12H2,1-2H3,(H3,19,20,21);1H. The van der Waals surface area contributed by atoms with Gasteiger partial charge in [0.05, 0.1) is 12.6 Å². The Morgan fingerprint density at radius 1 is 1.26 bits per heavy atom. The van der Waals surface area contributed by atoms with Crippen LogP contribution in [0.25, 0.3) is 0 Å². The van der Waals surface area contributed by atoms with E-state index in [9.17, 15) is 4.39 Å². The maximum atomic E-state index is 13.1. The van der Waals surface area contributed by atoms with E-state index in [-0.39, 0.29) is 35.8 Å². The van der Waals surface area contributed by atoms with E-state index < -0.39 is 0 Å². The highest BCUT2D eigenvalue weighted by molar-refractivity contribution is 14.0. The highest BCUT2D eigenvalue weighted by Gasteiger charge is 2.16. The Morgan fingerprint density at radius 2 is 1.87 bits per heavy atom. The fourth-order valence-corrected chi connectivity index (χ4v) is 2.94. The van der Waals surface area contributed by atoms with Gasteiger partial charge in [0, 0.05) is 6.04 Å². The summed E-state index contributed by atoms with van der Waals surface area (Å²) < 4.78 is 13.1. The molecule has 0 spiro atoms. The first-order chi connectivity index (χ1) is 10.6. The first kappa shape index (κ1) is 20.2. The van der Waals surface area contributed by atoms with Crippen LogP contribution in [0.4, 0.5) is 4.39 Å². The van der Waals surface area contributed by atoms with Gasteiger partial charge >= 0.3 is 0 Å². The second-order valence-electron chi connectivity index (χ2n) is 6.24. The Labute approximate surface area is 155 Å². The zero-order valence-corrected chi connectivity index (χ0v) is 16.3. The SMILES string of the molecule is CN(C)C(CN=C(N)NC1CCCCC1)c1ccc(F)cc1.I. The van der Waals surface area contributed by atoms with E-state index >= 15 is 0 Å². The van der Waals surface area contributed by atoms with Crippen molar-refractivity contribution in [1.82, 2.24) is 10.2 Å². The molecule has 1 aromatic rings. The molecule has 1 aliphatic carbocycles. The number of guanidine groups is 1. The molecule has 0 aromatic heterocycles. The van der Waals surface area contributed by atoms with Gasteiger partial charge in [-0.3, -0.25) is 4.99 Å². The average Bonchev–Trinajstić information content (AvgIpc) is 2.50. The molecule has 1 aromatic carbocycles. The largest absolute Gasteiger partial charge is 0.370 e. The predicted molar refractivity (Wildman–Crippen MR) is 105 cm³/mol. The molecule has 1 aliphatic rings. The lowest BCUT2D eigenvalue weighted by atomic mass is 9.96. The van der Waals surface area contributed by atoms with Crippen molar-refractivity contribution in [3.8, 4) is 0 Å². The van der Waals surface area contributed by atoms with Crippen LogP contribution in [-0.2, 0) is 0 Å². The second kappa shape index (κ2) is 10.1. The third kappa shape index (κ3) is 6.63. The molecule has 2 rings (SSSR count). The van der Waals surface area contributed by atoms with Gasteiger partial charge in [-0.15, -0.1) is 24.0 Å². The van der Waals surface area contributed by atoms with Crippen LogP contribution in [0.5, 0.6) is 0 Å². The van der Waals surface area contributed by atoms with E-state index in [4.69, 9.17) is 5.73 Å². The van der Waals surface area contributed by atoms with Crippen LogP contribution in [0.1, 0.15) is 43.7 Å². The molecule has 0 aliphatic heterocycles. The highest BCUT2D eigenvalue weighted by atomic mass is 127. The topological polar surface area (TPSA) is 53.6 Å². The van der Waals surface area contributed by atoms with Crippen molar-refractivity contribution >= 4 is 29.9 Å². The normalized spacial score (nSPS) is 17.7. The van der Waals surface area contributed by atoms with Crippen LogP contribution in [-0.4, -0.2) is 37.5 Å². The van der Waals surface area contributed by atoms with Gasteiger partial charge < -0.3 is 16.0 Å². The lowest BCUT2D eigenvalue weighted by molar-refractivity contribution is 0.306. The second-order valence-corrected chi connectivity index (χ2v) is 6.24. The molecule has 130 valence electrons. The van der Waals surface area contributed by atoms with E-state index in [2.05, 4.69) is 15.2 Å². The van der Waals surface area contributed by atoms with Gasteiger partial charge in [-0.25, -0.2) is 4.39 Å². The predicted octanol–water partition coefficient (Wildman–Crippen LogP) is 3.28. The van der Waals surface area contributed by atoms with Gasteiger partial charge in [0.2, 0.25) is 0 Å². The first-order valence-corrected chi connectivity index (χ1v) is 8.04. The molecule has 0 radical (unpaired) electrons. The van der Waals surface area contributed by atoms with Crippen molar-refractivity contribution in [2.75, 3.05) is 20.6 Å². The van der Waals surface area contributed by atoms with Crippen molar-refractivity contribution in [3.05, 3.63) is 35.6 Å². The molecule has 0 bridgehead atoms. The van der Waals surface area contributed by atoms with Crippen molar-refractivity contribution < 1.29 is 4.39 Å². The van der Waals surface area contributed by atoms with E-state index in [0.29, 0.717) is 18.5 Å². The molecule has 0 amide bonds. The summed E-state index contributed by atoms with van der Waals surface area (Å²) >= 11 is 0. The maximum absolute atomic E-state index is 13.1. The number of halogens is 2. The fourth-order valence-electron chi connectivity index (χ4n) is 2.94. The first-order valence-electron chi connectivity index (χ1n) is 8.04. The third-order valence-electron chi connectivity index (χ3n) is 4.27. The Morgan fingerprint density at radius 3 is 2.43 bits per heavy atom. The Hall–Kier alpha value is -0.890. The minimum Gasteiger partial charge on any atom is -0.370 e. The molecule has 0 saturated heterocycles. The number of aliphatic imine (C=N–C) groups is 1. The van der Waals surface area contributed by atoms with Gasteiger partial charge in [-0.05, 0) is 44.6 Å². The van der Waals surface area contributed by atoms with Gasteiger partial charge in [0.1, 0.15) is 5.82 Å². The Balaban J connectivity index is 0.00000264. The minimum atomic E-state index is -0.219. The van der Waals surface area contributed by atoms with Crippen LogP contribution in [0.15, 0.2) is 29.3 Å². The fraction of sp³-hybridized carbons (Fsp3) is 0.588. The molecule has 4 nitrogen and oxygen atoms in total. The monoisotopic (exact) mass is 434 g/mol. The number of nitrogens with zero attached hydrogens (tertiary/aromatic N) is 2. The number of hydrogen-bond donors (Lipinski definition) is 2. The van der Waals surface area contributed by atoms with Crippen LogP contribution in [0, 0.1) is 5.82 Å². The molecule has 23 heavy (non-hydrogen) atoms. The highest BCUT2D eigenvalue weighted by Crippen LogP contribution is 2.19. The summed E-state index contributed by atoms with van der Waals surface area (Å²) in [6.45, 7) is 0.560. The smallest absolute Gasteiger partial charge is 0.188 e. The molecule has 3 N–H and O–H groups in total. The summed E-state index contributed by atoms with van der Waals surface area (Å²) in [5.74, 6) is 0.295. The number of hydrogen-bond acceptors (Lipinski definition) is 2.